The molecule has 1 fully saturated rings. The number of amides is 1. The highest BCUT2D eigenvalue weighted by molar-refractivity contribution is 6.53. The van der Waals surface area contributed by atoms with Gasteiger partial charge in [-0.1, -0.05) is 53.5 Å². The zero-order chi connectivity index (χ0) is 15.9. The molecule has 2 aromatic rings. The Morgan fingerprint density at radius 2 is 1.68 bits per heavy atom. The van der Waals surface area contributed by atoms with Crippen molar-refractivity contribution in [3.63, 3.8) is 0 Å². The molecule has 0 aliphatic heterocycles. The predicted molar refractivity (Wildman–Crippen MR) is 92.2 cm³/mol. The van der Waals surface area contributed by atoms with Gasteiger partial charge in [0, 0.05) is 11.6 Å². The van der Waals surface area contributed by atoms with E-state index in [1.165, 1.54) is 0 Å². The molecule has 1 amide bonds. The first-order valence-corrected chi connectivity index (χ1v) is 8.11. The SMILES string of the molecule is O=C(Nc1ccc(Cl)c(Cl)c1)[C@H]1[C@H](c2ccccc2)C1(Cl)Cl. The zero-order valence-corrected chi connectivity index (χ0v) is 14.2. The van der Waals surface area contributed by atoms with Crippen molar-refractivity contribution in [1.82, 2.24) is 0 Å². The molecule has 0 aromatic heterocycles. The highest BCUT2D eigenvalue weighted by atomic mass is 35.5. The molecule has 114 valence electrons. The number of hydrogen-bond acceptors (Lipinski definition) is 1. The third kappa shape index (κ3) is 2.93. The van der Waals surface area contributed by atoms with Gasteiger partial charge in [0.1, 0.15) is 4.33 Å². The van der Waals surface area contributed by atoms with Gasteiger partial charge in [0.15, 0.2) is 0 Å². The van der Waals surface area contributed by atoms with Gasteiger partial charge < -0.3 is 5.32 Å². The second kappa shape index (κ2) is 5.93. The highest BCUT2D eigenvalue weighted by Gasteiger charge is 2.67. The molecule has 1 saturated carbocycles. The van der Waals surface area contributed by atoms with E-state index in [1.54, 1.807) is 18.2 Å². The molecule has 0 heterocycles. The Kier molecular flexibility index (Phi) is 4.30. The number of hydrogen-bond donors (Lipinski definition) is 1. The minimum Gasteiger partial charge on any atom is -0.326 e. The van der Waals surface area contributed by atoms with E-state index < -0.39 is 10.3 Å². The third-order valence-electron chi connectivity index (χ3n) is 3.68. The summed E-state index contributed by atoms with van der Waals surface area (Å²) in [6.45, 7) is 0. The van der Waals surface area contributed by atoms with Crippen LogP contribution in [0.5, 0.6) is 0 Å². The molecular formula is C16H11Cl4NO. The first-order valence-electron chi connectivity index (χ1n) is 6.60. The fraction of sp³-hybridized carbons (Fsp3) is 0.188. The summed E-state index contributed by atoms with van der Waals surface area (Å²) in [6, 6.07) is 14.4. The van der Waals surface area contributed by atoms with Crippen LogP contribution in [-0.4, -0.2) is 10.2 Å². The van der Waals surface area contributed by atoms with Crippen molar-refractivity contribution >= 4 is 58.0 Å². The molecule has 1 aliphatic carbocycles. The maximum Gasteiger partial charge on any atom is 0.231 e. The summed E-state index contributed by atoms with van der Waals surface area (Å²) < 4.78 is -1.10. The summed E-state index contributed by atoms with van der Waals surface area (Å²) >= 11 is 24.4. The molecule has 0 radical (unpaired) electrons. The fourth-order valence-electron chi connectivity index (χ4n) is 2.52. The van der Waals surface area contributed by atoms with Crippen LogP contribution < -0.4 is 5.32 Å². The molecule has 2 atom stereocenters. The fourth-order valence-corrected chi connectivity index (χ4v) is 3.65. The lowest BCUT2D eigenvalue weighted by Crippen LogP contribution is -2.17. The van der Waals surface area contributed by atoms with E-state index in [1.807, 2.05) is 30.3 Å². The summed E-state index contributed by atoms with van der Waals surface area (Å²) in [7, 11) is 0. The van der Waals surface area contributed by atoms with Gasteiger partial charge in [-0.05, 0) is 23.8 Å². The van der Waals surface area contributed by atoms with Gasteiger partial charge in [0.05, 0.1) is 16.0 Å². The summed E-state index contributed by atoms with van der Waals surface area (Å²) in [5.74, 6) is -0.968. The largest absolute Gasteiger partial charge is 0.326 e. The lowest BCUT2D eigenvalue weighted by molar-refractivity contribution is -0.117. The van der Waals surface area contributed by atoms with E-state index in [0.717, 1.165) is 5.56 Å². The minimum atomic E-state index is -1.10. The number of nitrogens with one attached hydrogen (secondary N) is 1. The molecule has 0 bridgehead atoms. The van der Waals surface area contributed by atoms with Crippen LogP contribution in [-0.2, 0) is 4.79 Å². The Hall–Kier alpha value is -0.930. The summed E-state index contributed by atoms with van der Waals surface area (Å²) in [5.41, 5.74) is 1.50. The van der Waals surface area contributed by atoms with Crippen LogP contribution in [0.4, 0.5) is 5.69 Å². The van der Waals surface area contributed by atoms with E-state index in [9.17, 15) is 4.79 Å². The maximum absolute atomic E-state index is 12.4. The topological polar surface area (TPSA) is 29.1 Å². The van der Waals surface area contributed by atoms with Gasteiger partial charge in [-0.2, -0.15) is 0 Å². The average molecular weight is 375 g/mol. The van der Waals surface area contributed by atoms with Crippen LogP contribution in [0.25, 0.3) is 0 Å². The molecule has 1 aliphatic rings. The van der Waals surface area contributed by atoms with Crippen LogP contribution in [0.2, 0.25) is 10.0 Å². The number of alkyl halides is 2. The normalized spacial score (nSPS) is 22.2. The lowest BCUT2D eigenvalue weighted by Gasteiger charge is -2.06. The van der Waals surface area contributed by atoms with Crippen molar-refractivity contribution in [2.75, 3.05) is 5.32 Å². The number of rotatable bonds is 3. The second-order valence-corrected chi connectivity index (χ2v) is 7.42. The number of anilines is 1. The molecule has 0 unspecified atom stereocenters. The molecule has 2 nitrogen and oxygen atoms in total. The lowest BCUT2D eigenvalue weighted by atomic mass is 10.1. The van der Waals surface area contributed by atoms with Crippen molar-refractivity contribution < 1.29 is 4.79 Å². The number of carbonyl (C=O) groups excluding carboxylic acids is 1. The van der Waals surface area contributed by atoms with E-state index in [2.05, 4.69) is 5.32 Å². The zero-order valence-electron chi connectivity index (χ0n) is 11.2. The number of carbonyl (C=O) groups is 1. The number of halogens is 4. The van der Waals surface area contributed by atoms with Crippen molar-refractivity contribution in [3.8, 4) is 0 Å². The first kappa shape index (κ1) is 15.9. The monoisotopic (exact) mass is 373 g/mol. The quantitative estimate of drug-likeness (QED) is 0.704. The molecule has 0 spiro atoms. The van der Waals surface area contributed by atoms with E-state index in [4.69, 9.17) is 46.4 Å². The Morgan fingerprint density at radius 3 is 2.32 bits per heavy atom. The highest BCUT2D eigenvalue weighted by Crippen LogP contribution is 2.65. The van der Waals surface area contributed by atoms with Gasteiger partial charge in [-0.25, -0.2) is 0 Å². The Morgan fingerprint density at radius 1 is 1.00 bits per heavy atom. The molecule has 0 saturated heterocycles. The third-order valence-corrected chi connectivity index (χ3v) is 5.36. The minimum absolute atomic E-state index is 0.222. The standard InChI is InChI=1S/C16H11Cl4NO/c17-11-7-6-10(8-12(11)18)21-15(22)14-13(16(14,19)20)9-4-2-1-3-5-9/h1-8,13-14H,(H,21,22)/t13-,14+/m0/s1. The van der Waals surface area contributed by atoms with Crippen molar-refractivity contribution in [2.24, 2.45) is 5.92 Å². The second-order valence-electron chi connectivity index (χ2n) is 5.16. The summed E-state index contributed by atoms with van der Waals surface area (Å²) in [5, 5.41) is 3.58. The summed E-state index contributed by atoms with van der Waals surface area (Å²) in [6.07, 6.45) is 0. The molecule has 1 N–H and O–H groups in total. The molecule has 2 aromatic carbocycles. The van der Waals surface area contributed by atoms with Crippen LogP contribution in [0, 0.1) is 5.92 Å². The maximum atomic E-state index is 12.4. The Balaban J connectivity index is 1.77. The van der Waals surface area contributed by atoms with Gasteiger partial charge in [-0.3, -0.25) is 4.79 Å². The average Bonchev–Trinajstić information content (AvgIpc) is 3.07. The van der Waals surface area contributed by atoms with Gasteiger partial charge in [0.25, 0.3) is 0 Å². The van der Waals surface area contributed by atoms with Gasteiger partial charge in [-0.15, -0.1) is 23.2 Å². The van der Waals surface area contributed by atoms with Gasteiger partial charge >= 0.3 is 0 Å². The smallest absolute Gasteiger partial charge is 0.231 e. The Labute approximate surface area is 148 Å². The molecule has 22 heavy (non-hydrogen) atoms. The Bertz CT molecular complexity index is 717. The van der Waals surface area contributed by atoms with E-state index in [-0.39, 0.29) is 11.8 Å². The van der Waals surface area contributed by atoms with Crippen LogP contribution in [0.3, 0.4) is 0 Å². The van der Waals surface area contributed by atoms with Crippen molar-refractivity contribution in [2.45, 2.75) is 10.3 Å². The van der Waals surface area contributed by atoms with Crippen LogP contribution in [0.1, 0.15) is 11.5 Å². The van der Waals surface area contributed by atoms with Crippen LogP contribution in [0.15, 0.2) is 48.5 Å². The summed E-state index contributed by atoms with van der Waals surface area (Å²) in [4.78, 5) is 12.4. The van der Waals surface area contributed by atoms with E-state index >= 15 is 0 Å². The molecular weight excluding hydrogens is 364 g/mol. The molecule has 3 rings (SSSR count). The molecule has 6 heteroatoms. The van der Waals surface area contributed by atoms with Crippen molar-refractivity contribution in [3.05, 3.63) is 64.1 Å². The first-order chi connectivity index (χ1) is 10.4. The van der Waals surface area contributed by atoms with Crippen LogP contribution >= 0.6 is 46.4 Å². The van der Waals surface area contributed by atoms with Gasteiger partial charge in [0.2, 0.25) is 5.91 Å². The number of benzene rings is 2. The van der Waals surface area contributed by atoms with Crippen molar-refractivity contribution in [1.29, 1.82) is 0 Å². The van der Waals surface area contributed by atoms with E-state index in [0.29, 0.717) is 15.7 Å². The predicted octanol–water partition coefficient (Wildman–Crippen LogP) is 5.52.